The van der Waals surface area contributed by atoms with Crippen LogP contribution in [-0.2, 0) is 0 Å². The summed E-state index contributed by atoms with van der Waals surface area (Å²) in [6.45, 7) is 6.30. The Morgan fingerprint density at radius 1 is 1.35 bits per heavy atom. The molecular weight excluding hydrogens is 214 g/mol. The van der Waals surface area contributed by atoms with Crippen LogP contribution in [0, 0.1) is 0 Å². The molecule has 0 aliphatic carbocycles. The lowest BCUT2D eigenvalue weighted by molar-refractivity contribution is 0.238. The number of aliphatic hydroxyl groups is 1. The van der Waals surface area contributed by atoms with Gasteiger partial charge in [0.2, 0.25) is 0 Å². The predicted octanol–water partition coefficient (Wildman–Crippen LogP) is 2.30. The van der Waals surface area contributed by atoms with Crippen LogP contribution in [-0.4, -0.2) is 21.3 Å². The summed E-state index contributed by atoms with van der Waals surface area (Å²) < 4.78 is 2.10. The molecule has 92 valence electrons. The molecule has 0 spiro atoms. The quantitative estimate of drug-likeness (QED) is 0.799. The van der Waals surface area contributed by atoms with E-state index < -0.39 is 0 Å². The fourth-order valence-corrected chi connectivity index (χ4v) is 2.09. The first-order valence-electron chi connectivity index (χ1n) is 5.92. The van der Waals surface area contributed by atoms with E-state index in [-0.39, 0.29) is 12.6 Å². The topological polar surface area (TPSA) is 64.1 Å². The molecule has 0 bridgehead atoms. The Bertz CT molecular complexity index is 531. The zero-order chi connectivity index (χ0) is 12.6. The summed E-state index contributed by atoms with van der Waals surface area (Å²) in [6.07, 6.45) is 0. The number of fused-ring (bicyclic) bond motifs is 1. The molecule has 0 radical (unpaired) electrons. The summed E-state index contributed by atoms with van der Waals surface area (Å²) in [5, 5.41) is 9.35. The third-order valence-electron chi connectivity index (χ3n) is 2.96. The normalized spacial score (nSPS) is 13.5. The van der Waals surface area contributed by atoms with Crippen LogP contribution in [0.3, 0.4) is 0 Å². The summed E-state index contributed by atoms with van der Waals surface area (Å²) in [4.78, 5) is 4.61. The molecule has 17 heavy (non-hydrogen) atoms. The number of benzene rings is 1. The minimum atomic E-state index is 0.0287. The molecule has 4 heteroatoms. The van der Waals surface area contributed by atoms with E-state index in [1.54, 1.807) is 0 Å². The summed E-state index contributed by atoms with van der Waals surface area (Å²) >= 11 is 0. The van der Waals surface area contributed by atoms with Gasteiger partial charge in [-0.2, -0.15) is 0 Å². The van der Waals surface area contributed by atoms with Crippen molar-refractivity contribution in [3.05, 3.63) is 24.0 Å². The van der Waals surface area contributed by atoms with Gasteiger partial charge < -0.3 is 15.4 Å². The maximum absolute atomic E-state index is 9.35. The number of hydrogen-bond donors (Lipinski definition) is 2. The highest BCUT2D eigenvalue weighted by Gasteiger charge is 2.17. The average molecular weight is 233 g/mol. The lowest BCUT2D eigenvalue weighted by atomic mass is 10.2. The summed E-state index contributed by atoms with van der Waals surface area (Å²) in [5.74, 6) is 1.31. The third kappa shape index (κ3) is 2.00. The van der Waals surface area contributed by atoms with Crippen LogP contribution in [0.4, 0.5) is 5.69 Å². The minimum Gasteiger partial charge on any atom is -0.399 e. The highest BCUT2D eigenvalue weighted by Crippen LogP contribution is 2.26. The van der Waals surface area contributed by atoms with Crippen molar-refractivity contribution < 1.29 is 5.11 Å². The second-order valence-electron chi connectivity index (χ2n) is 4.77. The molecule has 2 rings (SSSR count). The first-order chi connectivity index (χ1) is 8.04. The number of anilines is 1. The molecule has 0 fully saturated rings. The van der Waals surface area contributed by atoms with E-state index in [1.807, 2.05) is 25.1 Å². The van der Waals surface area contributed by atoms with Gasteiger partial charge in [0.25, 0.3) is 0 Å². The van der Waals surface area contributed by atoms with Crippen LogP contribution < -0.4 is 5.73 Å². The number of hydrogen-bond acceptors (Lipinski definition) is 3. The van der Waals surface area contributed by atoms with Crippen LogP contribution in [0.2, 0.25) is 0 Å². The summed E-state index contributed by atoms with van der Waals surface area (Å²) in [7, 11) is 0. The number of imidazole rings is 1. The number of nitrogens with two attached hydrogens (primary N) is 1. The monoisotopic (exact) mass is 233 g/mol. The highest BCUT2D eigenvalue weighted by atomic mass is 16.3. The average Bonchev–Trinajstić information content (AvgIpc) is 2.66. The lowest BCUT2D eigenvalue weighted by Crippen LogP contribution is -2.13. The molecule has 1 atom stereocenters. The van der Waals surface area contributed by atoms with Crippen molar-refractivity contribution in [1.29, 1.82) is 0 Å². The second kappa shape index (κ2) is 4.37. The van der Waals surface area contributed by atoms with E-state index in [0.717, 1.165) is 16.9 Å². The SMILES string of the molecule is CC(C)c1nc2cc(N)ccc2n1C(C)CO. The van der Waals surface area contributed by atoms with E-state index in [0.29, 0.717) is 11.6 Å². The molecule has 1 heterocycles. The first kappa shape index (κ1) is 11.9. The van der Waals surface area contributed by atoms with E-state index >= 15 is 0 Å². The number of aromatic nitrogens is 2. The first-order valence-corrected chi connectivity index (χ1v) is 5.92. The molecule has 0 saturated carbocycles. The van der Waals surface area contributed by atoms with Crippen LogP contribution in [0.15, 0.2) is 18.2 Å². The van der Waals surface area contributed by atoms with Gasteiger partial charge in [-0.15, -0.1) is 0 Å². The maximum Gasteiger partial charge on any atom is 0.112 e. The fourth-order valence-electron chi connectivity index (χ4n) is 2.09. The predicted molar refractivity (Wildman–Crippen MR) is 70.0 cm³/mol. The second-order valence-corrected chi connectivity index (χ2v) is 4.77. The van der Waals surface area contributed by atoms with Crippen LogP contribution >= 0.6 is 0 Å². The number of rotatable bonds is 3. The smallest absolute Gasteiger partial charge is 0.112 e. The van der Waals surface area contributed by atoms with E-state index in [1.165, 1.54) is 0 Å². The molecule has 3 N–H and O–H groups in total. The molecule has 2 aromatic rings. The van der Waals surface area contributed by atoms with Gasteiger partial charge in [0, 0.05) is 11.6 Å². The molecule has 0 saturated heterocycles. The molecular formula is C13H19N3O. The Labute approximate surface area is 101 Å². The van der Waals surface area contributed by atoms with Crippen molar-refractivity contribution in [2.75, 3.05) is 12.3 Å². The fraction of sp³-hybridized carbons (Fsp3) is 0.462. The lowest BCUT2D eigenvalue weighted by Gasteiger charge is -2.16. The van der Waals surface area contributed by atoms with E-state index in [9.17, 15) is 5.11 Å². The Morgan fingerprint density at radius 3 is 2.65 bits per heavy atom. The van der Waals surface area contributed by atoms with E-state index in [2.05, 4.69) is 23.4 Å². The Morgan fingerprint density at radius 2 is 2.06 bits per heavy atom. The van der Waals surface area contributed by atoms with Gasteiger partial charge in [-0.3, -0.25) is 0 Å². The van der Waals surface area contributed by atoms with Gasteiger partial charge in [-0.25, -0.2) is 4.98 Å². The standard InChI is InChI=1S/C13H19N3O/c1-8(2)13-15-11-6-10(14)4-5-12(11)16(13)9(3)7-17/h4-6,8-9,17H,7,14H2,1-3H3. The van der Waals surface area contributed by atoms with Gasteiger partial charge in [0.05, 0.1) is 23.7 Å². The Kier molecular flexibility index (Phi) is 3.07. The molecule has 1 aromatic carbocycles. The van der Waals surface area contributed by atoms with E-state index in [4.69, 9.17) is 5.73 Å². The zero-order valence-electron chi connectivity index (χ0n) is 10.5. The van der Waals surface area contributed by atoms with Crippen LogP contribution in [0.5, 0.6) is 0 Å². The Balaban J connectivity index is 2.71. The van der Waals surface area contributed by atoms with Crippen molar-refractivity contribution in [3.63, 3.8) is 0 Å². The molecule has 1 aromatic heterocycles. The van der Waals surface area contributed by atoms with Crippen molar-refractivity contribution in [2.45, 2.75) is 32.7 Å². The van der Waals surface area contributed by atoms with Gasteiger partial charge in [0.1, 0.15) is 5.82 Å². The number of nitrogens with zero attached hydrogens (tertiary/aromatic N) is 2. The maximum atomic E-state index is 9.35. The van der Waals surface area contributed by atoms with Crippen LogP contribution in [0.1, 0.15) is 38.6 Å². The third-order valence-corrected chi connectivity index (χ3v) is 2.96. The Hall–Kier alpha value is -1.55. The molecule has 4 nitrogen and oxygen atoms in total. The zero-order valence-corrected chi connectivity index (χ0v) is 10.5. The van der Waals surface area contributed by atoms with Crippen molar-refractivity contribution in [2.24, 2.45) is 0 Å². The van der Waals surface area contributed by atoms with Gasteiger partial charge in [-0.1, -0.05) is 13.8 Å². The molecule has 0 amide bonds. The summed E-state index contributed by atoms with van der Waals surface area (Å²) in [6, 6.07) is 5.74. The number of aliphatic hydroxyl groups excluding tert-OH is 1. The molecule has 0 aliphatic rings. The van der Waals surface area contributed by atoms with Gasteiger partial charge >= 0.3 is 0 Å². The van der Waals surface area contributed by atoms with Crippen LogP contribution in [0.25, 0.3) is 11.0 Å². The van der Waals surface area contributed by atoms with Crippen molar-refractivity contribution >= 4 is 16.7 Å². The highest BCUT2D eigenvalue weighted by molar-refractivity contribution is 5.80. The largest absolute Gasteiger partial charge is 0.399 e. The molecule has 0 aliphatic heterocycles. The number of nitrogen functional groups attached to an aromatic ring is 1. The molecule has 1 unspecified atom stereocenters. The van der Waals surface area contributed by atoms with Gasteiger partial charge in [-0.05, 0) is 25.1 Å². The summed E-state index contributed by atoms with van der Waals surface area (Å²) in [5.41, 5.74) is 8.42. The van der Waals surface area contributed by atoms with Crippen molar-refractivity contribution in [1.82, 2.24) is 9.55 Å². The van der Waals surface area contributed by atoms with Crippen molar-refractivity contribution in [3.8, 4) is 0 Å². The minimum absolute atomic E-state index is 0.0287. The van der Waals surface area contributed by atoms with Gasteiger partial charge in [0.15, 0.2) is 0 Å².